The fraction of sp³-hybridized carbons (Fsp3) is 0.933. The van der Waals surface area contributed by atoms with E-state index in [2.05, 4.69) is 15.1 Å². The first-order valence-electron chi connectivity index (χ1n) is 7.82. The van der Waals surface area contributed by atoms with Gasteiger partial charge in [-0.2, -0.15) is 0 Å². The summed E-state index contributed by atoms with van der Waals surface area (Å²) in [5.74, 6) is 0.132. The van der Waals surface area contributed by atoms with Gasteiger partial charge in [0, 0.05) is 25.2 Å². The third-order valence-electron chi connectivity index (χ3n) is 3.73. The Kier molecular flexibility index (Phi) is 6.92. The van der Waals surface area contributed by atoms with Crippen LogP contribution in [0.1, 0.15) is 40.5 Å². The minimum atomic E-state index is -0.162. The number of rotatable bonds is 5. The van der Waals surface area contributed by atoms with Gasteiger partial charge in [-0.3, -0.25) is 9.69 Å². The Hall–Kier alpha value is -0.650. The predicted molar refractivity (Wildman–Crippen MR) is 83.7 cm³/mol. The number of carbonyl (C=O) groups excluding carboxylic acids is 1. The molecule has 118 valence electrons. The van der Waals surface area contributed by atoms with E-state index in [0.29, 0.717) is 0 Å². The monoisotopic (exact) mass is 284 g/mol. The van der Waals surface area contributed by atoms with E-state index in [9.17, 15) is 4.79 Å². The molecule has 1 unspecified atom stereocenters. The Morgan fingerprint density at radius 3 is 2.55 bits per heavy atom. The van der Waals surface area contributed by atoms with Crippen LogP contribution in [0.15, 0.2) is 0 Å². The molecule has 1 heterocycles. The highest BCUT2D eigenvalue weighted by molar-refractivity contribution is 5.81. The smallest absolute Gasteiger partial charge is 0.237 e. The molecular formula is C15H32N4O. The van der Waals surface area contributed by atoms with Crippen molar-refractivity contribution >= 4 is 5.91 Å². The summed E-state index contributed by atoms with van der Waals surface area (Å²) in [6.07, 6.45) is 2.18. The second-order valence-corrected chi connectivity index (χ2v) is 6.79. The van der Waals surface area contributed by atoms with Crippen molar-refractivity contribution in [2.45, 2.75) is 52.1 Å². The van der Waals surface area contributed by atoms with Gasteiger partial charge >= 0.3 is 0 Å². The lowest BCUT2D eigenvalue weighted by molar-refractivity contribution is -0.127. The topological polar surface area (TPSA) is 61.6 Å². The molecule has 1 aliphatic heterocycles. The maximum absolute atomic E-state index is 12.2. The summed E-state index contributed by atoms with van der Waals surface area (Å²) < 4.78 is 0. The molecule has 0 aromatic rings. The van der Waals surface area contributed by atoms with E-state index in [1.807, 2.05) is 27.7 Å². The lowest BCUT2D eigenvalue weighted by atomic mass is 10.1. The minimum absolute atomic E-state index is 0.0521. The zero-order chi connectivity index (χ0) is 15.2. The maximum atomic E-state index is 12.2. The maximum Gasteiger partial charge on any atom is 0.237 e. The molecule has 1 rings (SSSR count). The summed E-state index contributed by atoms with van der Waals surface area (Å²) >= 11 is 0. The molecule has 1 atom stereocenters. The molecule has 0 aromatic carbocycles. The number of amides is 1. The van der Waals surface area contributed by atoms with Crippen molar-refractivity contribution in [3.8, 4) is 0 Å². The Morgan fingerprint density at radius 1 is 1.25 bits per heavy atom. The molecule has 0 aliphatic carbocycles. The van der Waals surface area contributed by atoms with E-state index < -0.39 is 0 Å². The van der Waals surface area contributed by atoms with Gasteiger partial charge in [0.15, 0.2) is 0 Å². The first kappa shape index (κ1) is 17.4. The summed E-state index contributed by atoms with van der Waals surface area (Å²) in [6.45, 7) is 14.0. The number of nitrogens with one attached hydrogen (secondary N) is 1. The van der Waals surface area contributed by atoms with Crippen molar-refractivity contribution in [2.75, 3.05) is 39.3 Å². The van der Waals surface area contributed by atoms with Gasteiger partial charge in [0.2, 0.25) is 5.91 Å². The minimum Gasteiger partial charge on any atom is -0.350 e. The average Bonchev–Trinajstić information content (AvgIpc) is 2.58. The van der Waals surface area contributed by atoms with Crippen LogP contribution in [-0.4, -0.2) is 66.6 Å². The predicted octanol–water partition coefficient (Wildman–Crippen LogP) is 0.646. The van der Waals surface area contributed by atoms with Gasteiger partial charge in [-0.05, 0) is 60.2 Å². The van der Waals surface area contributed by atoms with Crippen LogP contribution in [0.2, 0.25) is 0 Å². The van der Waals surface area contributed by atoms with Gasteiger partial charge in [-0.15, -0.1) is 0 Å². The van der Waals surface area contributed by atoms with Crippen LogP contribution < -0.4 is 11.1 Å². The van der Waals surface area contributed by atoms with Crippen molar-refractivity contribution in [2.24, 2.45) is 5.73 Å². The largest absolute Gasteiger partial charge is 0.350 e. The molecule has 1 saturated heterocycles. The quantitative estimate of drug-likeness (QED) is 0.778. The highest BCUT2D eigenvalue weighted by Gasteiger charge is 2.26. The third-order valence-corrected chi connectivity index (χ3v) is 3.73. The van der Waals surface area contributed by atoms with Crippen molar-refractivity contribution < 1.29 is 4.79 Å². The van der Waals surface area contributed by atoms with Crippen molar-refractivity contribution in [1.82, 2.24) is 15.1 Å². The van der Waals surface area contributed by atoms with Gasteiger partial charge < -0.3 is 16.0 Å². The number of hydrogen-bond acceptors (Lipinski definition) is 4. The fourth-order valence-corrected chi connectivity index (χ4v) is 2.56. The van der Waals surface area contributed by atoms with E-state index >= 15 is 0 Å². The molecule has 20 heavy (non-hydrogen) atoms. The second-order valence-electron chi connectivity index (χ2n) is 6.79. The first-order chi connectivity index (χ1) is 9.33. The number of carbonyl (C=O) groups is 1. The summed E-state index contributed by atoms with van der Waals surface area (Å²) in [5, 5.41) is 3.07. The molecular weight excluding hydrogens is 252 g/mol. The fourth-order valence-electron chi connectivity index (χ4n) is 2.56. The van der Waals surface area contributed by atoms with E-state index in [4.69, 9.17) is 5.73 Å². The molecule has 0 aromatic heterocycles. The summed E-state index contributed by atoms with van der Waals surface area (Å²) in [6, 6.07) is -0.0521. The van der Waals surface area contributed by atoms with Crippen molar-refractivity contribution in [1.29, 1.82) is 0 Å². The summed E-state index contributed by atoms with van der Waals surface area (Å²) in [7, 11) is 0. The van der Waals surface area contributed by atoms with E-state index in [-0.39, 0.29) is 17.5 Å². The van der Waals surface area contributed by atoms with Gasteiger partial charge in [0.25, 0.3) is 0 Å². The first-order valence-corrected chi connectivity index (χ1v) is 7.82. The molecule has 5 heteroatoms. The van der Waals surface area contributed by atoms with E-state index in [1.54, 1.807) is 0 Å². The zero-order valence-corrected chi connectivity index (χ0v) is 13.6. The van der Waals surface area contributed by atoms with E-state index in [1.165, 1.54) is 0 Å². The molecule has 1 aliphatic rings. The second kappa shape index (κ2) is 7.96. The highest BCUT2D eigenvalue weighted by Crippen LogP contribution is 2.09. The molecule has 3 N–H and O–H groups in total. The number of hydrogen-bond donors (Lipinski definition) is 2. The van der Waals surface area contributed by atoms with Crippen LogP contribution in [0.5, 0.6) is 0 Å². The summed E-state index contributed by atoms with van der Waals surface area (Å²) in [4.78, 5) is 17.0. The van der Waals surface area contributed by atoms with Crippen LogP contribution in [0, 0.1) is 0 Å². The number of nitrogens with zero attached hydrogens (tertiary/aromatic N) is 2. The highest BCUT2D eigenvalue weighted by atomic mass is 16.2. The van der Waals surface area contributed by atoms with Crippen LogP contribution in [0.3, 0.4) is 0 Å². The van der Waals surface area contributed by atoms with Crippen LogP contribution in [0.4, 0.5) is 0 Å². The van der Waals surface area contributed by atoms with Crippen molar-refractivity contribution in [3.63, 3.8) is 0 Å². The Morgan fingerprint density at radius 2 is 1.95 bits per heavy atom. The number of nitrogens with two attached hydrogens (primary N) is 1. The summed E-state index contributed by atoms with van der Waals surface area (Å²) in [5.41, 5.74) is 5.41. The molecule has 1 fully saturated rings. The van der Waals surface area contributed by atoms with Gasteiger partial charge in [0.05, 0.1) is 6.04 Å². The normalized spacial score (nSPS) is 20.4. The lowest BCUT2D eigenvalue weighted by Gasteiger charge is -2.30. The SMILES string of the molecule is CC(C(=O)NC(C)(C)C)N1CCCN(CCCN)CC1. The van der Waals surface area contributed by atoms with Crippen LogP contribution >= 0.6 is 0 Å². The Labute approximate surface area is 123 Å². The molecule has 0 spiro atoms. The third kappa shape index (κ3) is 6.20. The Bertz CT molecular complexity index is 301. The van der Waals surface area contributed by atoms with E-state index in [0.717, 1.165) is 52.1 Å². The van der Waals surface area contributed by atoms with Crippen LogP contribution in [0.25, 0.3) is 0 Å². The van der Waals surface area contributed by atoms with Crippen molar-refractivity contribution in [3.05, 3.63) is 0 Å². The zero-order valence-electron chi connectivity index (χ0n) is 13.6. The van der Waals surface area contributed by atoms with Gasteiger partial charge in [-0.25, -0.2) is 0 Å². The molecule has 0 bridgehead atoms. The van der Waals surface area contributed by atoms with Crippen LogP contribution in [-0.2, 0) is 4.79 Å². The lowest BCUT2D eigenvalue weighted by Crippen LogP contribution is -2.51. The van der Waals surface area contributed by atoms with Gasteiger partial charge in [-0.1, -0.05) is 0 Å². The molecule has 1 amide bonds. The molecule has 0 radical (unpaired) electrons. The Balaban J connectivity index is 2.45. The van der Waals surface area contributed by atoms with Gasteiger partial charge in [0.1, 0.15) is 0 Å². The molecule has 0 saturated carbocycles. The average molecular weight is 284 g/mol. The molecule has 5 nitrogen and oxygen atoms in total. The standard InChI is InChI=1S/C15H32N4O/c1-13(14(20)17-15(2,3)4)19-10-6-9-18(11-12-19)8-5-7-16/h13H,5-12,16H2,1-4H3,(H,17,20).